The van der Waals surface area contributed by atoms with Crippen molar-refractivity contribution in [3.8, 4) is 5.69 Å². The minimum atomic E-state index is 0.411. The van der Waals surface area contributed by atoms with Crippen LogP contribution in [0.4, 0.5) is 0 Å². The van der Waals surface area contributed by atoms with Gasteiger partial charge < -0.3 is 19.9 Å². The Morgan fingerprint density at radius 2 is 1.77 bits per heavy atom. The SMILES string of the molecule is COCCOCCOCc1cn(-c2ccc(CN)cc2)nn1. The third kappa shape index (κ3) is 5.19. The maximum Gasteiger partial charge on any atom is 0.109 e. The quantitative estimate of drug-likeness (QED) is 0.657. The molecule has 2 rings (SSSR count). The van der Waals surface area contributed by atoms with Crippen molar-refractivity contribution in [1.82, 2.24) is 15.0 Å². The highest BCUT2D eigenvalue weighted by atomic mass is 16.5. The second kappa shape index (κ2) is 9.26. The van der Waals surface area contributed by atoms with Crippen LogP contribution in [-0.2, 0) is 27.4 Å². The number of hydrogen-bond acceptors (Lipinski definition) is 6. The Kier molecular flexibility index (Phi) is 6.98. The van der Waals surface area contributed by atoms with Gasteiger partial charge in [0, 0.05) is 13.7 Å². The van der Waals surface area contributed by atoms with Crippen molar-refractivity contribution in [3.05, 3.63) is 41.7 Å². The Morgan fingerprint density at radius 3 is 2.50 bits per heavy atom. The Morgan fingerprint density at radius 1 is 1.05 bits per heavy atom. The first-order valence-corrected chi connectivity index (χ1v) is 7.18. The van der Waals surface area contributed by atoms with Gasteiger partial charge >= 0.3 is 0 Å². The number of rotatable bonds is 10. The van der Waals surface area contributed by atoms with Crippen LogP contribution >= 0.6 is 0 Å². The average Bonchev–Trinajstić information content (AvgIpc) is 3.03. The van der Waals surface area contributed by atoms with Gasteiger partial charge in [0.15, 0.2) is 0 Å². The number of aromatic nitrogens is 3. The van der Waals surface area contributed by atoms with Crippen LogP contribution < -0.4 is 5.73 Å². The zero-order valence-electron chi connectivity index (χ0n) is 12.8. The first-order valence-electron chi connectivity index (χ1n) is 7.18. The zero-order valence-corrected chi connectivity index (χ0v) is 12.8. The fraction of sp³-hybridized carbons (Fsp3) is 0.467. The van der Waals surface area contributed by atoms with Gasteiger partial charge in [0.1, 0.15) is 5.69 Å². The number of ether oxygens (including phenoxy) is 3. The van der Waals surface area contributed by atoms with Gasteiger partial charge in [-0.05, 0) is 17.7 Å². The lowest BCUT2D eigenvalue weighted by molar-refractivity contribution is 0.0192. The Labute approximate surface area is 130 Å². The van der Waals surface area contributed by atoms with Crippen molar-refractivity contribution in [1.29, 1.82) is 0 Å². The van der Waals surface area contributed by atoms with Crippen LogP contribution in [0.5, 0.6) is 0 Å². The van der Waals surface area contributed by atoms with Crippen LogP contribution in [-0.4, -0.2) is 48.5 Å². The maximum atomic E-state index is 5.58. The predicted octanol–water partition coefficient (Wildman–Crippen LogP) is 0.906. The molecule has 22 heavy (non-hydrogen) atoms. The first-order chi connectivity index (χ1) is 10.8. The zero-order chi connectivity index (χ0) is 15.6. The molecule has 7 heteroatoms. The molecule has 0 fully saturated rings. The fourth-order valence-electron chi connectivity index (χ4n) is 1.81. The largest absolute Gasteiger partial charge is 0.382 e. The van der Waals surface area contributed by atoms with Crippen LogP contribution in [0, 0.1) is 0 Å². The van der Waals surface area contributed by atoms with Crippen LogP contribution in [0.1, 0.15) is 11.3 Å². The summed E-state index contributed by atoms with van der Waals surface area (Å²) in [5.41, 5.74) is 8.39. The fourth-order valence-corrected chi connectivity index (χ4v) is 1.81. The molecule has 2 N–H and O–H groups in total. The van der Waals surface area contributed by atoms with E-state index in [1.807, 2.05) is 30.5 Å². The molecule has 1 aromatic heterocycles. The number of methoxy groups -OCH3 is 1. The van der Waals surface area contributed by atoms with E-state index in [2.05, 4.69) is 10.3 Å². The molecule has 0 aliphatic carbocycles. The van der Waals surface area contributed by atoms with E-state index in [0.717, 1.165) is 16.9 Å². The molecule has 0 aliphatic heterocycles. The summed E-state index contributed by atoms with van der Waals surface area (Å²) >= 11 is 0. The molecule has 0 amide bonds. The van der Waals surface area contributed by atoms with Crippen molar-refractivity contribution in [2.45, 2.75) is 13.2 Å². The lowest BCUT2D eigenvalue weighted by Gasteiger charge is -2.03. The van der Waals surface area contributed by atoms with Crippen LogP contribution in [0.25, 0.3) is 5.69 Å². The van der Waals surface area contributed by atoms with E-state index in [0.29, 0.717) is 39.6 Å². The molecule has 0 unspecified atom stereocenters. The van der Waals surface area contributed by atoms with E-state index < -0.39 is 0 Å². The predicted molar refractivity (Wildman–Crippen MR) is 81.6 cm³/mol. The Bertz CT molecular complexity index is 542. The van der Waals surface area contributed by atoms with E-state index >= 15 is 0 Å². The van der Waals surface area contributed by atoms with Crippen molar-refractivity contribution in [3.63, 3.8) is 0 Å². The molecule has 0 radical (unpaired) electrons. The molecular formula is C15H22N4O3. The highest BCUT2D eigenvalue weighted by Gasteiger charge is 2.03. The summed E-state index contributed by atoms with van der Waals surface area (Å²) in [4.78, 5) is 0. The summed E-state index contributed by atoms with van der Waals surface area (Å²) in [6.07, 6.45) is 1.85. The van der Waals surface area contributed by atoms with Crippen molar-refractivity contribution >= 4 is 0 Å². The van der Waals surface area contributed by atoms with Gasteiger partial charge in [0.05, 0.1) is 44.9 Å². The van der Waals surface area contributed by atoms with Crippen molar-refractivity contribution in [2.24, 2.45) is 5.73 Å². The molecule has 0 bridgehead atoms. The van der Waals surface area contributed by atoms with E-state index in [1.165, 1.54) is 0 Å². The molecule has 0 atom stereocenters. The molecule has 120 valence electrons. The molecular weight excluding hydrogens is 284 g/mol. The lowest BCUT2D eigenvalue weighted by atomic mass is 10.2. The molecule has 0 saturated heterocycles. The molecule has 2 aromatic rings. The van der Waals surface area contributed by atoms with Crippen LogP contribution in [0.3, 0.4) is 0 Å². The maximum absolute atomic E-state index is 5.58. The summed E-state index contributed by atoms with van der Waals surface area (Å²) < 4.78 is 17.4. The van der Waals surface area contributed by atoms with Gasteiger partial charge in [-0.2, -0.15) is 0 Å². The summed E-state index contributed by atoms with van der Waals surface area (Å²) in [6, 6.07) is 7.88. The molecule has 0 saturated carbocycles. The smallest absolute Gasteiger partial charge is 0.109 e. The summed E-state index contributed by atoms with van der Waals surface area (Å²) in [5, 5.41) is 8.17. The number of nitrogens with two attached hydrogens (primary N) is 1. The Balaban J connectivity index is 1.74. The van der Waals surface area contributed by atoms with E-state index in [-0.39, 0.29) is 0 Å². The number of nitrogens with zero attached hydrogens (tertiary/aromatic N) is 3. The standard InChI is InChI=1S/C15H22N4O3/c1-20-6-7-21-8-9-22-12-14-11-19(18-17-14)15-4-2-13(10-16)3-5-15/h2-5,11H,6-10,12,16H2,1H3. The monoisotopic (exact) mass is 306 g/mol. The minimum absolute atomic E-state index is 0.411. The second-order valence-corrected chi connectivity index (χ2v) is 4.68. The first kappa shape index (κ1) is 16.6. The van der Waals surface area contributed by atoms with Gasteiger partial charge in [-0.25, -0.2) is 4.68 Å². The third-order valence-corrected chi connectivity index (χ3v) is 3.03. The number of benzene rings is 1. The van der Waals surface area contributed by atoms with Gasteiger partial charge in [-0.1, -0.05) is 17.3 Å². The van der Waals surface area contributed by atoms with Crippen LogP contribution in [0.15, 0.2) is 30.5 Å². The molecule has 0 spiro atoms. The normalized spacial score (nSPS) is 11.0. The summed E-state index contributed by atoms with van der Waals surface area (Å²) in [6.45, 7) is 3.17. The molecule has 1 heterocycles. The number of hydrogen-bond donors (Lipinski definition) is 1. The van der Waals surface area contributed by atoms with Crippen LogP contribution in [0.2, 0.25) is 0 Å². The van der Waals surface area contributed by atoms with E-state index in [4.69, 9.17) is 19.9 Å². The molecule has 7 nitrogen and oxygen atoms in total. The lowest BCUT2D eigenvalue weighted by Crippen LogP contribution is -2.08. The molecule has 0 aliphatic rings. The highest BCUT2D eigenvalue weighted by Crippen LogP contribution is 2.09. The summed E-state index contributed by atoms with van der Waals surface area (Å²) in [7, 11) is 1.65. The van der Waals surface area contributed by atoms with Gasteiger partial charge in [0.2, 0.25) is 0 Å². The van der Waals surface area contributed by atoms with E-state index in [1.54, 1.807) is 11.8 Å². The van der Waals surface area contributed by atoms with Gasteiger partial charge in [0.25, 0.3) is 0 Å². The topological polar surface area (TPSA) is 84.4 Å². The van der Waals surface area contributed by atoms with Crippen molar-refractivity contribution < 1.29 is 14.2 Å². The van der Waals surface area contributed by atoms with Crippen molar-refractivity contribution in [2.75, 3.05) is 33.5 Å². The molecule has 1 aromatic carbocycles. The highest BCUT2D eigenvalue weighted by molar-refractivity contribution is 5.33. The van der Waals surface area contributed by atoms with Gasteiger partial charge in [-0.3, -0.25) is 0 Å². The minimum Gasteiger partial charge on any atom is -0.382 e. The third-order valence-electron chi connectivity index (χ3n) is 3.03. The second-order valence-electron chi connectivity index (χ2n) is 4.68. The van der Waals surface area contributed by atoms with Gasteiger partial charge in [-0.15, -0.1) is 5.10 Å². The van der Waals surface area contributed by atoms with E-state index in [9.17, 15) is 0 Å². The average molecular weight is 306 g/mol. The summed E-state index contributed by atoms with van der Waals surface area (Å²) in [5.74, 6) is 0. The Hall–Kier alpha value is -1.80.